The van der Waals surface area contributed by atoms with E-state index in [1.807, 2.05) is 0 Å². The predicted molar refractivity (Wildman–Crippen MR) is 86.9 cm³/mol. The highest BCUT2D eigenvalue weighted by Crippen LogP contribution is 2.27. The molecule has 7 heteroatoms. The van der Waals surface area contributed by atoms with Gasteiger partial charge in [-0.05, 0) is 42.5 Å². The summed E-state index contributed by atoms with van der Waals surface area (Å²) < 4.78 is 23.0. The van der Waals surface area contributed by atoms with Crippen LogP contribution in [0.25, 0.3) is 0 Å². The number of rotatable bonds is 6. The molecule has 0 aliphatic rings. The Bertz CT molecular complexity index is 732. The molecule has 0 bridgehead atoms. The topological polar surface area (TPSA) is 76.7 Å². The Hall–Kier alpha value is -3.09. The number of ether oxygens (including phenoxy) is 2. The second kappa shape index (κ2) is 7.96. The summed E-state index contributed by atoms with van der Waals surface area (Å²) in [5.74, 6) is -0.320. The van der Waals surface area contributed by atoms with Gasteiger partial charge in [-0.3, -0.25) is 9.59 Å². The lowest BCUT2D eigenvalue weighted by molar-refractivity contribution is -0.115. The number of anilines is 1. The van der Waals surface area contributed by atoms with Crippen molar-refractivity contribution in [3.63, 3.8) is 0 Å². The molecule has 0 spiro atoms. The molecular formula is C17H17FN2O4. The molecule has 0 radical (unpaired) electrons. The van der Waals surface area contributed by atoms with Crippen LogP contribution in [0.2, 0.25) is 0 Å². The maximum absolute atomic E-state index is 12.8. The van der Waals surface area contributed by atoms with Gasteiger partial charge in [-0.2, -0.15) is 0 Å². The van der Waals surface area contributed by atoms with Gasteiger partial charge in [0.15, 0.2) is 11.5 Å². The second-order valence-corrected chi connectivity index (χ2v) is 4.81. The van der Waals surface area contributed by atoms with E-state index in [0.29, 0.717) is 22.7 Å². The Labute approximate surface area is 138 Å². The molecule has 2 N–H and O–H groups in total. The Balaban J connectivity index is 1.92. The van der Waals surface area contributed by atoms with Crippen molar-refractivity contribution in [2.24, 2.45) is 0 Å². The SMILES string of the molecule is COc1ccc(C(=O)NCC(=O)Nc2ccc(F)cc2)cc1OC. The normalized spacial score (nSPS) is 9.96. The molecule has 0 unspecified atom stereocenters. The molecule has 2 aromatic carbocycles. The van der Waals surface area contributed by atoms with Crippen molar-refractivity contribution in [1.82, 2.24) is 5.32 Å². The van der Waals surface area contributed by atoms with Gasteiger partial charge in [-0.25, -0.2) is 4.39 Å². The zero-order chi connectivity index (χ0) is 17.5. The number of carbonyl (C=O) groups excluding carboxylic acids is 2. The first kappa shape index (κ1) is 17.3. The third-order valence-electron chi connectivity index (χ3n) is 3.18. The van der Waals surface area contributed by atoms with Gasteiger partial charge in [-0.1, -0.05) is 0 Å². The molecule has 0 aliphatic heterocycles. The van der Waals surface area contributed by atoms with Crippen LogP contribution in [0, 0.1) is 5.82 Å². The number of nitrogens with one attached hydrogen (secondary N) is 2. The van der Waals surface area contributed by atoms with Gasteiger partial charge in [0.25, 0.3) is 5.91 Å². The van der Waals surface area contributed by atoms with Crippen molar-refractivity contribution in [3.8, 4) is 11.5 Å². The summed E-state index contributed by atoms with van der Waals surface area (Å²) in [5.41, 5.74) is 0.781. The third-order valence-corrected chi connectivity index (χ3v) is 3.18. The summed E-state index contributed by atoms with van der Waals surface area (Å²) >= 11 is 0. The zero-order valence-corrected chi connectivity index (χ0v) is 13.3. The first-order valence-electron chi connectivity index (χ1n) is 7.09. The molecule has 0 atom stereocenters. The van der Waals surface area contributed by atoms with Gasteiger partial charge in [0.05, 0.1) is 20.8 Å². The molecule has 0 heterocycles. The molecule has 24 heavy (non-hydrogen) atoms. The van der Waals surface area contributed by atoms with Crippen molar-refractivity contribution >= 4 is 17.5 Å². The van der Waals surface area contributed by atoms with Gasteiger partial charge in [0.2, 0.25) is 5.91 Å². The average Bonchev–Trinajstić information content (AvgIpc) is 2.61. The molecule has 0 saturated heterocycles. The van der Waals surface area contributed by atoms with E-state index < -0.39 is 17.6 Å². The van der Waals surface area contributed by atoms with Crippen LogP contribution in [0.5, 0.6) is 11.5 Å². The first-order chi connectivity index (χ1) is 11.5. The second-order valence-electron chi connectivity index (χ2n) is 4.81. The first-order valence-corrected chi connectivity index (χ1v) is 7.09. The lowest BCUT2D eigenvalue weighted by Crippen LogP contribution is -2.32. The largest absolute Gasteiger partial charge is 0.493 e. The molecule has 2 amide bonds. The molecule has 0 saturated carbocycles. The van der Waals surface area contributed by atoms with Crippen molar-refractivity contribution in [2.45, 2.75) is 0 Å². The molecule has 6 nitrogen and oxygen atoms in total. The average molecular weight is 332 g/mol. The fraction of sp³-hybridized carbons (Fsp3) is 0.176. The maximum Gasteiger partial charge on any atom is 0.251 e. The van der Waals surface area contributed by atoms with Crippen LogP contribution in [-0.4, -0.2) is 32.6 Å². The summed E-state index contributed by atoms with van der Waals surface area (Å²) in [5, 5.41) is 5.05. The van der Waals surface area contributed by atoms with Crippen LogP contribution in [0.15, 0.2) is 42.5 Å². The molecule has 0 fully saturated rings. The number of hydrogen-bond acceptors (Lipinski definition) is 4. The lowest BCUT2D eigenvalue weighted by Gasteiger charge is -2.10. The van der Waals surface area contributed by atoms with Gasteiger partial charge in [0, 0.05) is 11.3 Å². The van der Waals surface area contributed by atoms with E-state index in [9.17, 15) is 14.0 Å². The van der Waals surface area contributed by atoms with E-state index in [2.05, 4.69) is 10.6 Å². The number of amides is 2. The van der Waals surface area contributed by atoms with Crippen molar-refractivity contribution in [3.05, 3.63) is 53.8 Å². The minimum Gasteiger partial charge on any atom is -0.493 e. The van der Waals surface area contributed by atoms with Crippen LogP contribution < -0.4 is 20.1 Å². The lowest BCUT2D eigenvalue weighted by atomic mass is 10.2. The van der Waals surface area contributed by atoms with Crippen molar-refractivity contribution in [1.29, 1.82) is 0 Å². The summed E-state index contributed by atoms with van der Waals surface area (Å²) in [6.45, 7) is -0.218. The van der Waals surface area contributed by atoms with E-state index in [4.69, 9.17) is 9.47 Å². The van der Waals surface area contributed by atoms with Crippen LogP contribution in [0.4, 0.5) is 10.1 Å². The quantitative estimate of drug-likeness (QED) is 0.850. The van der Waals surface area contributed by atoms with E-state index in [-0.39, 0.29) is 6.54 Å². The number of methoxy groups -OCH3 is 2. The van der Waals surface area contributed by atoms with Crippen LogP contribution in [0.1, 0.15) is 10.4 Å². The molecule has 0 aliphatic carbocycles. The van der Waals surface area contributed by atoms with Crippen LogP contribution >= 0.6 is 0 Å². The van der Waals surface area contributed by atoms with E-state index in [1.165, 1.54) is 44.6 Å². The predicted octanol–water partition coefficient (Wildman–Crippen LogP) is 2.21. The van der Waals surface area contributed by atoms with Gasteiger partial charge in [0.1, 0.15) is 5.82 Å². The standard InChI is InChI=1S/C17H17FN2O4/c1-23-14-8-3-11(9-15(14)24-2)17(22)19-10-16(21)20-13-6-4-12(18)5-7-13/h3-9H,10H2,1-2H3,(H,19,22)(H,20,21). The highest BCUT2D eigenvalue weighted by Gasteiger charge is 2.12. The number of hydrogen-bond donors (Lipinski definition) is 2. The highest BCUT2D eigenvalue weighted by atomic mass is 19.1. The molecule has 2 aromatic rings. The summed E-state index contributed by atoms with van der Waals surface area (Å²) in [4.78, 5) is 23.9. The van der Waals surface area contributed by atoms with E-state index in [1.54, 1.807) is 12.1 Å². The van der Waals surface area contributed by atoms with Gasteiger partial charge >= 0.3 is 0 Å². The van der Waals surface area contributed by atoms with Crippen molar-refractivity contribution in [2.75, 3.05) is 26.1 Å². The Morgan fingerprint density at radius 2 is 1.67 bits per heavy atom. The molecule has 0 aromatic heterocycles. The molecule has 126 valence electrons. The summed E-state index contributed by atoms with van der Waals surface area (Å²) in [7, 11) is 2.97. The van der Waals surface area contributed by atoms with Crippen LogP contribution in [-0.2, 0) is 4.79 Å². The van der Waals surface area contributed by atoms with E-state index in [0.717, 1.165) is 0 Å². The fourth-order valence-corrected chi connectivity index (χ4v) is 1.98. The van der Waals surface area contributed by atoms with Crippen molar-refractivity contribution < 1.29 is 23.5 Å². The summed E-state index contributed by atoms with van der Waals surface area (Å²) in [6, 6.07) is 10.0. The zero-order valence-electron chi connectivity index (χ0n) is 13.3. The van der Waals surface area contributed by atoms with Gasteiger partial charge < -0.3 is 20.1 Å². The Morgan fingerprint density at radius 3 is 2.29 bits per heavy atom. The number of carbonyl (C=O) groups is 2. The monoisotopic (exact) mass is 332 g/mol. The fourth-order valence-electron chi connectivity index (χ4n) is 1.98. The Kier molecular flexibility index (Phi) is 5.73. The smallest absolute Gasteiger partial charge is 0.251 e. The number of benzene rings is 2. The minimum absolute atomic E-state index is 0.218. The number of halogens is 1. The minimum atomic E-state index is -0.426. The van der Waals surface area contributed by atoms with Gasteiger partial charge in [-0.15, -0.1) is 0 Å². The highest BCUT2D eigenvalue weighted by molar-refractivity contribution is 5.99. The molecular weight excluding hydrogens is 315 g/mol. The molecule has 2 rings (SSSR count). The third kappa shape index (κ3) is 4.45. The summed E-state index contributed by atoms with van der Waals surface area (Å²) in [6.07, 6.45) is 0. The van der Waals surface area contributed by atoms with E-state index >= 15 is 0 Å². The van der Waals surface area contributed by atoms with Crippen LogP contribution in [0.3, 0.4) is 0 Å². The Morgan fingerprint density at radius 1 is 1.00 bits per heavy atom. The maximum atomic E-state index is 12.8.